The Morgan fingerprint density at radius 1 is 0.900 bits per heavy atom. The Morgan fingerprint density at radius 2 is 1.55 bits per heavy atom. The number of benzene rings is 2. The van der Waals surface area contributed by atoms with Crippen LogP contribution in [0.15, 0.2) is 42.0 Å². The molecule has 0 unspecified atom stereocenters. The second-order valence-electron chi connectivity index (χ2n) is 5.21. The minimum Gasteiger partial charge on any atom is -0.269 e. The lowest BCUT2D eigenvalue weighted by atomic mass is 9.99. The second kappa shape index (κ2) is 4.30. The Kier molecular flexibility index (Phi) is 2.71. The van der Waals surface area contributed by atoms with Crippen LogP contribution in [-0.2, 0) is 9.59 Å². The topological polar surface area (TPSA) is 37.4 Å². The minimum atomic E-state index is -0.260. The predicted molar refractivity (Wildman–Crippen MR) is 79.7 cm³/mol. The van der Waals surface area contributed by atoms with E-state index in [1.54, 1.807) is 6.92 Å². The highest BCUT2D eigenvalue weighted by molar-refractivity contribution is 6.32. The summed E-state index contributed by atoms with van der Waals surface area (Å²) in [6.07, 6.45) is 1.40. The zero-order valence-corrected chi connectivity index (χ0v) is 11.7. The Morgan fingerprint density at radius 3 is 2.15 bits per heavy atom. The Balaban J connectivity index is 2.33. The van der Waals surface area contributed by atoms with Crippen molar-refractivity contribution in [3.63, 3.8) is 0 Å². The second-order valence-corrected chi connectivity index (χ2v) is 5.21. The quantitative estimate of drug-likeness (QED) is 0.742. The maximum atomic E-state index is 12.2. The third-order valence-corrected chi connectivity index (χ3v) is 3.74. The summed E-state index contributed by atoms with van der Waals surface area (Å²) in [7, 11) is 0. The van der Waals surface area contributed by atoms with Crippen LogP contribution in [0.2, 0.25) is 0 Å². The third kappa shape index (κ3) is 1.67. The fourth-order valence-corrected chi connectivity index (χ4v) is 2.81. The molecule has 0 aliphatic carbocycles. The molecule has 1 heterocycles. The number of carbonyl (C=O) groups is 2. The van der Waals surface area contributed by atoms with Gasteiger partial charge in [-0.1, -0.05) is 30.3 Å². The minimum absolute atomic E-state index is 0.230. The Hall–Kier alpha value is -2.42. The zero-order chi connectivity index (χ0) is 14.4. The SMILES string of the molecule is CC1=CC(=O)N(c2c(C)cc(C)c3ccccc23)C1=O. The fourth-order valence-electron chi connectivity index (χ4n) is 2.81. The fraction of sp³-hybridized carbons (Fsp3) is 0.176. The van der Waals surface area contributed by atoms with Crippen molar-refractivity contribution in [2.24, 2.45) is 0 Å². The number of rotatable bonds is 1. The van der Waals surface area contributed by atoms with Gasteiger partial charge in [-0.25, -0.2) is 4.90 Å². The normalized spacial score (nSPS) is 15.2. The highest BCUT2D eigenvalue weighted by atomic mass is 16.2. The van der Waals surface area contributed by atoms with Crippen molar-refractivity contribution in [1.82, 2.24) is 0 Å². The Bertz CT molecular complexity index is 787. The summed E-state index contributed by atoms with van der Waals surface area (Å²) in [6.45, 7) is 5.64. The molecule has 1 aliphatic heterocycles. The van der Waals surface area contributed by atoms with Crippen molar-refractivity contribution in [2.75, 3.05) is 4.90 Å². The number of nitrogens with zero attached hydrogens (tertiary/aromatic N) is 1. The monoisotopic (exact) mass is 265 g/mol. The van der Waals surface area contributed by atoms with Gasteiger partial charge < -0.3 is 0 Å². The average Bonchev–Trinajstić information content (AvgIpc) is 2.65. The number of hydrogen-bond acceptors (Lipinski definition) is 2. The molecule has 20 heavy (non-hydrogen) atoms. The number of aryl methyl sites for hydroxylation is 2. The van der Waals surface area contributed by atoms with Crippen molar-refractivity contribution < 1.29 is 9.59 Å². The first-order valence-corrected chi connectivity index (χ1v) is 6.56. The molecule has 0 aromatic heterocycles. The van der Waals surface area contributed by atoms with E-state index in [0.29, 0.717) is 11.3 Å². The molecule has 100 valence electrons. The largest absolute Gasteiger partial charge is 0.269 e. The summed E-state index contributed by atoms with van der Waals surface area (Å²) in [5.74, 6) is -0.489. The lowest BCUT2D eigenvalue weighted by Crippen LogP contribution is -2.31. The molecule has 0 radical (unpaired) electrons. The third-order valence-electron chi connectivity index (χ3n) is 3.74. The molecule has 0 atom stereocenters. The van der Waals surface area contributed by atoms with Crippen LogP contribution in [0.4, 0.5) is 5.69 Å². The Labute approximate surface area is 117 Å². The molecule has 2 aromatic rings. The zero-order valence-electron chi connectivity index (χ0n) is 11.7. The van der Waals surface area contributed by atoms with E-state index in [4.69, 9.17) is 0 Å². The smallest absolute Gasteiger partial charge is 0.261 e. The highest BCUT2D eigenvalue weighted by Crippen LogP contribution is 2.35. The van der Waals surface area contributed by atoms with Gasteiger partial charge in [0.25, 0.3) is 11.8 Å². The summed E-state index contributed by atoms with van der Waals surface area (Å²) in [5, 5.41) is 2.01. The number of imide groups is 1. The van der Waals surface area contributed by atoms with Gasteiger partial charge in [-0.05, 0) is 37.3 Å². The van der Waals surface area contributed by atoms with Gasteiger partial charge in [0.05, 0.1) is 5.69 Å². The maximum absolute atomic E-state index is 12.2. The number of carbonyl (C=O) groups excluding carboxylic acids is 2. The van der Waals surface area contributed by atoms with Crippen molar-refractivity contribution in [2.45, 2.75) is 20.8 Å². The van der Waals surface area contributed by atoms with Crippen LogP contribution in [0.3, 0.4) is 0 Å². The van der Waals surface area contributed by atoms with E-state index >= 15 is 0 Å². The van der Waals surface area contributed by atoms with Gasteiger partial charge >= 0.3 is 0 Å². The van der Waals surface area contributed by atoms with E-state index in [2.05, 4.69) is 0 Å². The van der Waals surface area contributed by atoms with Gasteiger partial charge in [0, 0.05) is 17.0 Å². The first-order valence-electron chi connectivity index (χ1n) is 6.56. The number of fused-ring (bicyclic) bond motifs is 1. The van der Waals surface area contributed by atoms with Crippen LogP contribution in [-0.4, -0.2) is 11.8 Å². The molecule has 3 rings (SSSR count). The van der Waals surface area contributed by atoms with Gasteiger partial charge in [0.2, 0.25) is 0 Å². The van der Waals surface area contributed by atoms with Crippen LogP contribution in [0.25, 0.3) is 10.8 Å². The van der Waals surface area contributed by atoms with E-state index in [-0.39, 0.29) is 11.8 Å². The molecule has 0 spiro atoms. The number of anilines is 1. The van der Waals surface area contributed by atoms with Crippen LogP contribution >= 0.6 is 0 Å². The van der Waals surface area contributed by atoms with Gasteiger partial charge in [0.15, 0.2) is 0 Å². The van der Waals surface area contributed by atoms with E-state index in [1.807, 2.05) is 44.2 Å². The van der Waals surface area contributed by atoms with Crippen LogP contribution in [0.1, 0.15) is 18.1 Å². The van der Waals surface area contributed by atoms with Crippen LogP contribution in [0, 0.1) is 13.8 Å². The van der Waals surface area contributed by atoms with Gasteiger partial charge in [-0.2, -0.15) is 0 Å². The van der Waals surface area contributed by atoms with E-state index in [1.165, 1.54) is 11.0 Å². The standard InChI is InChI=1S/C17H15NO2/c1-10-8-11(2)16(14-7-5-4-6-13(10)14)18-15(19)9-12(3)17(18)20/h4-9H,1-3H3. The molecule has 0 saturated heterocycles. The number of hydrogen-bond donors (Lipinski definition) is 0. The molecular formula is C17H15NO2. The molecule has 0 N–H and O–H groups in total. The first-order chi connectivity index (χ1) is 9.50. The lowest BCUT2D eigenvalue weighted by molar-refractivity contribution is -0.120. The molecule has 3 nitrogen and oxygen atoms in total. The molecule has 2 amide bonds. The summed E-state index contributed by atoms with van der Waals surface area (Å²) in [4.78, 5) is 25.6. The summed E-state index contributed by atoms with van der Waals surface area (Å²) < 4.78 is 0. The van der Waals surface area contributed by atoms with Gasteiger partial charge in [-0.3, -0.25) is 9.59 Å². The van der Waals surface area contributed by atoms with Gasteiger partial charge in [-0.15, -0.1) is 0 Å². The van der Waals surface area contributed by atoms with Crippen molar-refractivity contribution in [3.05, 3.63) is 53.1 Å². The average molecular weight is 265 g/mol. The first kappa shape index (κ1) is 12.6. The molecule has 0 saturated carbocycles. The maximum Gasteiger partial charge on any atom is 0.261 e. The molecule has 3 heteroatoms. The molecule has 0 fully saturated rings. The molecular weight excluding hydrogens is 250 g/mol. The summed E-state index contributed by atoms with van der Waals surface area (Å²) >= 11 is 0. The predicted octanol–water partition coefficient (Wildman–Crippen LogP) is 3.28. The van der Waals surface area contributed by atoms with Crippen LogP contribution < -0.4 is 4.90 Å². The highest BCUT2D eigenvalue weighted by Gasteiger charge is 2.32. The summed E-state index contributed by atoms with van der Waals surface area (Å²) in [6, 6.07) is 9.88. The number of amides is 2. The summed E-state index contributed by atoms with van der Waals surface area (Å²) in [5.41, 5.74) is 3.27. The molecule has 2 aromatic carbocycles. The lowest BCUT2D eigenvalue weighted by Gasteiger charge is -2.20. The van der Waals surface area contributed by atoms with Crippen molar-refractivity contribution in [1.29, 1.82) is 0 Å². The van der Waals surface area contributed by atoms with E-state index < -0.39 is 0 Å². The van der Waals surface area contributed by atoms with Crippen LogP contribution in [0.5, 0.6) is 0 Å². The van der Waals surface area contributed by atoms with E-state index in [0.717, 1.165) is 21.9 Å². The van der Waals surface area contributed by atoms with Gasteiger partial charge in [0.1, 0.15) is 0 Å². The molecule has 1 aliphatic rings. The van der Waals surface area contributed by atoms with Crippen molar-refractivity contribution >= 4 is 28.3 Å². The van der Waals surface area contributed by atoms with E-state index in [9.17, 15) is 9.59 Å². The molecule has 0 bridgehead atoms. The van der Waals surface area contributed by atoms with Crippen molar-refractivity contribution in [3.8, 4) is 0 Å².